The molecule has 1 atom stereocenters. The molecule has 0 radical (unpaired) electrons. The largest absolute Gasteiger partial charge is 0.493 e. The van der Waals surface area contributed by atoms with Gasteiger partial charge in [0.2, 0.25) is 0 Å². The molecule has 1 aromatic carbocycles. The van der Waals surface area contributed by atoms with Crippen LogP contribution in [0.1, 0.15) is 18.9 Å². The van der Waals surface area contributed by atoms with Crippen LogP contribution in [-0.4, -0.2) is 39.4 Å². The van der Waals surface area contributed by atoms with Crippen molar-refractivity contribution in [2.75, 3.05) is 27.4 Å². The molecule has 1 unspecified atom stereocenters. The third kappa shape index (κ3) is 4.61. The number of rotatable bonds is 7. The molecule has 1 aliphatic rings. The average molecular weight is 342 g/mol. The van der Waals surface area contributed by atoms with E-state index in [9.17, 15) is 10.1 Å². The highest BCUT2D eigenvalue weighted by Crippen LogP contribution is 2.38. The maximum Gasteiger partial charge on any atom is 0.261 e. The molecular formula is C19H22N2O4. The summed E-state index contributed by atoms with van der Waals surface area (Å²) in [6.07, 6.45) is 3.87. The van der Waals surface area contributed by atoms with E-state index in [2.05, 4.69) is 5.32 Å². The van der Waals surface area contributed by atoms with Gasteiger partial charge >= 0.3 is 0 Å². The number of nitrogens with one attached hydrogen (secondary N) is 1. The second kappa shape index (κ2) is 8.90. The molecular weight excluding hydrogens is 320 g/mol. The highest BCUT2D eigenvalue weighted by molar-refractivity contribution is 5.98. The predicted octanol–water partition coefficient (Wildman–Crippen LogP) is 2.46. The number of nitriles is 1. The number of ether oxygens (including phenoxy) is 3. The van der Waals surface area contributed by atoms with Crippen LogP contribution in [0, 0.1) is 11.3 Å². The van der Waals surface area contributed by atoms with Crippen LogP contribution in [0.5, 0.6) is 11.5 Å². The fraction of sp³-hybridized carbons (Fsp3) is 0.368. The van der Waals surface area contributed by atoms with Crippen molar-refractivity contribution in [1.29, 1.82) is 5.26 Å². The summed E-state index contributed by atoms with van der Waals surface area (Å²) in [5.41, 5.74) is 1.65. The van der Waals surface area contributed by atoms with Gasteiger partial charge in [-0.05, 0) is 37.1 Å². The average Bonchev–Trinajstić information content (AvgIpc) is 2.62. The van der Waals surface area contributed by atoms with E-state index < -0.39 is 5.91 Å². The van der Waals surface area contributed by atoms with Crippen LogP contribution in [0.3, 0.4) is 0 Å². The van der Waals surface area contributed by atoms with Gasteiger partial charge in [-0.3, -0.25) is 4.79 Å². The van der Waals surface area contributed by atoms with E-state index in [4.69, 9.17) is 14.2 Å². The molecule has 0 bridgehead atoms. The van der Waals surface area contributed by atoms with E-state index in [1.54, 1.807) is 20.3 Å². The van der Waals surface area contributed by atoms with E-state index in [0.29, 0.717) is 31.1 Å². The molecule has 0 spiro atoms. The summed E-state index contributed by atoms with van der Waals surface area (Å²) in [4.78, 5) is 12.1. The monoisotopic (exact) mass is 342 g/mol. The Kier molecular flexibility index (Phi) is 6.61. The smallest absolute Gasteiger partial charge is 0.261 e. The van der Waals surface area contributed by atoms with Gasteiger partial charge in [-0.25, -0.2) is 0 Å². The van der Waals surface area contributed by atoms with Gasteiger partial charge in [0.15, 0.2) is 11.5 Å². The molecule has 0 saturated carbocycles. The number of amides is 1. The maximum absolute atomic E-state index is 12.1. The highest BCUT2D eigenvalue weighted by Gasteiger charge is 2.22. The Morgan fingerprint density at radius 3 is 2.92 bits per heavy atom. The normalized spacial score (nSPS) is 16.2. The van der Waals surface area contributed by atoms with Gasteiger partial charge in [-0.15, -0.1) is 0 Å². The summed E-state index contributed by atoms with van der Waals surface area (Å²) in [5.74, 6) is 0.917. The molecule has 0 aliphatic carbocycles. The molecule has 2 rings (SSSR count). The Balaban J connectivity index is 2.20. The van der Waals surface area contributed by atoms with E-state index in [0.717, 1.165) is 11.1 Å². The molecule has 0 aromatic heterocycles. The maximum atomic E-state index is 12.1. The number of benzene rings is 1. The van der Waals surface area contributed by atoms with Crippen LogP contribution in [0.15, 0.2) is 35.4 Å². The minimum atomic E-state index is -0.400. The first-order valence-electron chi connectivity index (χ1n) is 8.05. The molecule has 1 amide bonds. The first kappa shape index (κ1) is 18.6. The Morgan fingerprint density at radius 2 is 2.24 bits per heavy atom. The topological polar surface area (TPSA) is 80.6 Å². The second-order valence-corrected chi connectivity index (χ2v) is 5.56. The minimum Gasteiger partial charge on any atom is -0.493 e. The lowest BCUT2D eigenvalue weighted by Gasteiger charge is -2.24. The van der Waals surface area contributed by atoms with E-state index in [1.807, 2.05) is 37.3 Å². The summed E-state index contributed by atoms with van der Waals surface area (Å²) in [6.45, 7) is 2.88. The SMILES string of the molecule is COCCCNC(=O)C(C#N)=CC1=Cc2cccc(OC)c2OC1C. The molecule has 0 saturated heterocycles. The fourth-order valence-electron chi connectivity index (χ4n) is 2.46. The van der Waals surface area contributed by atoms with Crippen molar-refractivity contribution in [3.8, 4) is 17.6 Å². The van der Waals surface area contributed by atoms with Crippen molar-refractivity contribution >= 4 is 12.0 Å². The highest BCUT2D eigenvalue weighted by atomic mass is 16.5. The van der Waals surface area contributed by atoms with E-state index >= 15 is 0 Å². The Morgan fingerprint density at radius 1 is 1.44 bits per heavy atom. The summed E-state index contributed by atoms with van der Waals surface area (Å²) in [7, 11) is 3.19. The van der Waals surface area contributed by atoms with Gasteiger partial charge in [0.25, 0.3) is 5.91 Å². The molecule has 132 valence electrons. The number of methoxy groups -OCH3 is 2. The lowest BCUT2D eigenvalue weighted by Crippen LogP contribution is -2.27. The second-order valence-electron chi connectivity index (χ2n) is 5.56. The zero-order valence-corrected chi connectivity index (χ0v) is 14.7. The van der Waals surface area contributed by atoms with Crippen LogP contribution in [0.2, 0.25) is 0 Å². The molecule has 1 aromatic rings. The summed E-state index contributed by atoms with van der Waals surface area (Å²) < 4.78 is 16.1. The third-order valence-corrected chi connectivity index (χ3v) is 3.80. The molecule has 0 fully saturated rings. The molecule has 1 aliphatic heterocycles. The standard InChI is InChI=1S/C19H22N2O4/c1-13-15(10-14-6-4-7-17(24-3)18(14)25-13)11-16(12-20)19(22)21-8-5-9-23-2/h4,6-7,10-11,13H,5,8-9H2,1-3H3,(H,21,22). The lowest BCUT2D eigenvalue weighted by atomic mass is 10.00. The Bertz CT molecular complexity index is 731. The van der Waals surface area contributed by atoms with Gasteiger partial charge in [-0.1, -0.05) is 12.1 Å². The van der Waals surface area contributed by atoms with Crippen LogP contribution in [0.25, 0.3) is 6.08 Å². The summed E-state index contributed by atoms with van der Waals surface area (Å²) in [5, 5.41) is 12.0. The van der Waals surface area contributed by atoms with E-state index in [1.165, 1.54) is 0 Å². The quantitative estimate of drug-likeness (QED) is 0.468. The van der Waals surface area contributed by atoms with Crippen LogP contribution < -0.4 is 14.8 Å². The Hall–Kier alpha value is -2.78. The molecule has 6 heteroatoms. The third-order valence-electron chi connectivity index (χ3n) is 3.80. The van der Waals surface area contributed by atoms with Crippen molar-refractivity contribution < 1.29 is 19.0 Å². The van der Waals surface area contributed by atoms with Crippen molar-refractivity contribution in [2.24, 2.45) is 0 Å². The predicted molar refractivity (Wildman–Crippen MR) is 94.3 cm³/mol. The lowest BCUT2D eigenvalue weighted by molar-refractivity contribution is -0.117. The van der Waals surface area contributed by atoms with Crippen LogP contribution in [-0.2, 0) is 9.53 Å². The Labute approximate surface area is 147 Å². The van der Waals surface area contributed by atoms with E-state index in [-0.39, 0.29) is 11.7 Å². The number of nitrogens with zero attached hydrogens (tertiary/aromatic N) is 1. The van der Waals surface area contributed by atoms with Gasteiger partial charge in [0.1, 0.15) is 17.7 Å². The number of hydrogen-bond acceptors (Lipinski definition) is 5. The van der Waals surface area contributed by atoms with Gasteiger partial charge in [-0.2, -0.15) is 5.26 Å². The van der Waals surface area contributed by atoms with Crippen LogP contribution in [0.4, 0.5) is 0 Å². The first-order chi connectivity index (χ1) is 12.1. The number of carbonyl (C=O) groups is 1. The number of hydrogen-bond donors (Lipinski definition) is 1. The number of carbonyl (C=O) groups excluding carboxylic acids is 1. The van der Waals surface area contributed by atoms with Crippen molar-refractivity contribution in [3.05, 3.63) is 41.0 Å². The molecule has 6 nitrogen and oxygen atoms in total. The molecule has 1 N–H and O–H groups in total. The zero-order chi connectivity index (χ0) is 18.2. The van der Waals surface area contributed by atoms with Crippen LogP contribution >= 0.6 is 0 Å². The minimum absolute atomic E-state index is 0.0467. The summed E-state index contributed by atoms with van der Waals surface area (Å²) in [6, 6.07) is 7.54. The zero-order valence-electron chi connectivity index (χ0n) is 14.7. The van der Waals surface area contributed by atoms with Crippen molar-refractivity contribution in [1.82, 2.24) is 5.32 Å². The first-order valence-corrected chi connectivity index (χ1v) is 8.05. The van der Waals surface area contributed by atoms with Gasteiger partial charge < -0.3 is 19.5 Å². The van der Waals surface area contributed by atoms with Crippen molar-refractivity contribution in [2.45, 2.75) is 19.4 Å². The van der Waals surface area contributed by atoms with Gasteiger partial charge in [0, 0.05) is 25.8 Å². The number of para-hydroxylation sites is 1. The number of fused-ring (bicyclic) bond motifs is 1. The summed E-state index contributed by atoms with van der Waals surface area (Å²) >= 11 is 0. The molecule has 25 heavy (non-hydrogen) atoms. The van der Waals surface area contributed by atoms with Crippen molar-refractivity contribution in [3.63, 3.8) is 0 Å². The van der Waals surface area contributed by atoms with Gasteiger partial charge in [0.05, 0.1) is 7.11 Å². The fourth-order valence-corrected chi connectivity index (χ4v) is 2.46. The molecule has 1 heterocycles.